The number of hydrogen-bond donors (Lipinski definition) is 1. The fourth-order valence-corrected chi connectivity index (χ4v) is 2.94. The van der Waals surface area contributed by atoms with Crippen LogP contribution in [0.15, 0.2) is 24.3 Å². The lowest BCUT2D eigenvalue weighted by molar-refractivity contribution is -0.132. The molecular weight excluding hydrogens is 252 g/mol. The van der Waals surface area contributed by atoms with Gasteiger partial charge in [-0.2, -0.15) is 0 Å². The summed E-state index contributed by atoms with van der Waals surface area (Å²) in [6, 6.07) is 8.01. The van der Waals surface area contributed by atoms with Gasteiger partial charge in [0, 0.05) is 11.6 Å². The fourth-order valence-electron chi connectivity index (χ4n) is 2.94. The van der Waals surface area contributed by atoms with E-state index >= 15 is 0 Å². The predicted molar refractivity (Wildman–Crippen MR) is 79.5 cm³/mol. The summed E-state index contributed by atoms with van der Waals surface area (Å²) in [6.07, 6.45) is 1.82. The van der Waals surface area contributed by atoms with E-state index in [2.05, 4.69) is 19.2 Å². The van der Waals surface area contributed by atoms with Gasteiger partial charge in [-0.05, 0) is 25.8 Å². The fraction of sp³-hybridized carbons (Fsp3) is 0.562. The first-order valence-corrected chi connectivity index (χ1v) is 7.35. The maximum Gasteiger partial charge on any atom is 0.241 e. The third kappa shape index (κ3) is 2.52. The van der Waals surface area contributed by atoms with E-state index in [4.69, 9.17) is 4.74 Å². The number of carbonyl (C=O) groups excluding carboxylic acids is 1. The molecule has 1 fully saturated rings. The standard InChI is InChI=1S/C16H24N2O2/c1-5-12(6-2)18-15(17-11(3)16(18)19)13-9-7-8-10-14(13)20-4/h7-12,15,17H,5-6H2,1-4H3. The molecule has 0 saturated carbocycles. The van der Waals surface area contributed by atoms with E-state index < -0.39 is 0 Å². The van der Waals surface area contributed by atoms with Crippen molar-refractivity contribution in [3.8, 4) is 5.75 Å². The largest absolute Gasteiger partial charge is 0.496 e. The lowest BCUT2D eigenvalue weighted by Gasteiger charge is -2.32. The zero-order valence-electron chi connectivity index (χ0n) is 12.7. The van der Waals surface area contributed by atoms with Crippen molar-refractivity contribution in [3.05, 3.63) is 29.8 Å². The molecule has 1 saturated heterocycles. The smallest absolute Gasteiger partial charge is 0.241 e. The average Bonchev–Trinajstić information content (AvgIpc) is 2.77. The highest BCUT2D eigenvalue weighted by molar-refractivity contribution is 5.84. The molecule has 4 nitrogen and oxygen atoms in total. The molecule has 0 radical (unpaired) electrons. The molecule has 1 aromatic rings. The first kappa shape index (κ1) is 14.9. The van der Waals surface area contributed by atoms with Crippen LogP contribution in [0.3, 0.4) is 0 Å². The molecule has 2 rings (SSSR count). The van der Waals surface area contributed by atoms with Crippen LogP contribution in [0.25, 0.3) is 0 Å². The lowest BCUT2D eigenvalue weighted by Crippen LogP contribution is -2.39. The second-order valence-electron chi connectivity index (χ2n) is 5.25. The van der Waals surface area contributed by atoms with E-state index in [9.17, 15) is 4.79 Å². The monoisotopic (exact) mass is 276 g/mol. The summed E-state index contributed by atoms with van der Waals surface area (Å²) >= 11 is 0. The molecule has 0 spiro atoms. The molecule has 2 atom stereocenters. The van der Waals surface area contributed by atoms with Crippen LogP contribution in [0.1, 0.15) is 45.3 Å². The van der Waals surface area contributed by atoms with E-state index in [0.29, 0.717) is 0 Å². The van der Waals surface area contributed by atoms with E-state index in [1.165, 1.54) is 0 Å². The Morgan fingerprint density at radius 1 is 1.30 bits per heavy atom. The molecule has 4 heteroatoms. The number of hydrogen-bond acceptors (Lipinski definition) is 3. The van der Waals surface area contributed by atoms with Crippen LogP contribution in [0.4, 0.5) is 0 Å². The molecule has 0 aromatic heterocycles. The van der Waals surface area contributed by atoms with Gasteiger partial charge in [0.2, 0.25) is 5.91 Å². The topological polar surface area (TPSA) is 41.6 Å². The number of nitrogens with one attached hydrogen (secondary N) is 1. The minimum absolute atomic E-state index is 0.0986. The van der Waals surface area contributed by atoms with Gasteiger partial charge in [-0.25, -0.2) is 0 Å². The normalized spacial score (nSPS) is 22.6. The zero-order valence-corrected chi connectivity index (χ0v) is 12.7. The van der Waals surface area contributed by atoms with Crippen molar-refractivity contribution >= 4 is 5.91 Å². The number of amides is 1. The van der Waals surface area contributed by atoms with Crippen molar-refractivity contribution in [3.63, 3.8) is 0 Å². The van der Waals surface area contributed by atoms with Gasteiger partial charge >= 0.3 is 0 Å². The quantitative estimate of drug-likeness (QED) is 0.899. The summed E-state index contributed by atoms with van der Waals surface area (Å²) < 4.78 is 5.45. The van der Waals surface area contributed by atoms with Crippen molar-refractivity contribution in [2.75, 3.05) is 7.11 Å². The second-order valence-corrected chi connectivity index (χ2v) is 5.25. The third-order valence-corrected chi connectivity index (χ3v) is 4.08. The second kappa shape index (κ2) is 6.27. The van der Waals surface area contributed by atoms with Gasteiger partial charge in [0.1, 0.15) is 11.9 Å². The minimum atomic E-state index is -0.148. The molecular formula is C16H24N2O2. The summed E-state index contributed by atoms with van der Waals surface area (Å²) in [6.45, 7) is 6.18. The first-order chi connectivity index (χ1) is 9.63. The molecule has 1 N–H and O–H groups in total. The van der Waals surface area contributed by atoms with Gasteiger partial charge < -0.3 is 9.64 Å². The summed E-state index contributed by atoms with van der Waals surface area (Å²) in [5.41, 5.74) is 1.03. The van der Waals surface area contributed by atoms with Gasteiger partial charge in [-0.1, -0.05) is 32.0 Å². The molecule has 20 heavy (non-hydrogen) atoms. The van der Waals surface area contributed by atoms with Crippen LogP contribution >= 0.6 is 0 Å². The van der Waals surface area contributed by atoms with Crippen molar-refractivity contribution in [1.29, 1.82) is 0 Å². The number of carbonyl (C=O) groups is 1. The third-order valence-electron chi connectivity index (χ3n) is 4.08. The maximum atomic E-state index is 12.5. The Kier molecular flexibility index (Phi) is 4.65. The number of nitrogens with zero attached hydrogens (tertiary/aromatic N) is 1. The van der Waals surface area contributed by atoms with E-state index in [-0.39, 0.29) is 24.2 Å². The molecule has 1 heterocycles. The Hall–Kier alpha value is -1.55. The van der Waals surface area contributed by atoms with Gasteiger partial charge in [-0.15, -0.1) is 0 Å². The van der Waals surface area contributed by atoms with Gasteiger partial charge in [0.15, 0.2) is 0 Å². The van der Waals surface area contributed by atoms with Crippen LogP contribution in [0.5, 0.6) is 5.75 Å². The van der Waals surface area contributed by atoms with E-state index in [1.807, 2.05) is 36.1 Å². The van der Waals surface area contributed by atoms with E-state index in [0.717, 1.165) is 24.2 Å². The van der Waals surface area contributed by atoms with Crippen LogP contribution < -0.4 is 10.1 Å². The number of methoxy groups -OCH3 is 1. The maximum absolute atomic E-state index is 12.5. The summed E-state index contributed by atoms with van der Waals surface area (Å²) in [5.74, 6) is 0.998. The average molecular weight is 276 g/mol. The highest BCUT2D eigenvalue weighted by Gasteiger charge is 2.41. The molecule has 1 aliphatic rings. The lowest BCUT2D eigenvalue weighted by atomic mass is 10.1. The van der Waals surface area contributed by atoms with Crippen LogP contribution in [0.2, 0.25) is 0 Å². The Morgan fingerprint density at radius 2 is 1.95 bits per heavy atom. The zero-order chi connectivity index (χ0) is 14.7. The summed E-state index contributed by atoms with van der Waals surface area (Å²) in [5, 5.41) is 3.39. The van der Waals surface area contributed by atoms with Gasteiger partial charge in [-0.3, -0.25) is 10.1 Å². The number of rotatable bonds is 5. The Labute approximate surface area is 121 Å². The SMILES string of the molecule is CCC(CC)N1C(=O)C(C)NC1c1ccccc1OC. The molecule has 0 bridgehead atoms. The molecule has 0 aliphatic carbocycles. The van der Waals surface area contributed by atoms with Gasteiger partial charge in [0.05, 0.1) is 13.2 Å². The molecule has 110 valence electrons. The van der Waals surface area contributed by atoms with Crippen molar-refractivity contribution in [1.82, 2.24) is 10.2 Å². The predicted octanol–water partition coefficient (Wildman–Crippen LogP) is 2.70. The highest BCUT2D eigenvalue weighted by Crippen LogP contribution is 2.34. The molecule has 1 aliphatic heterocycles. The van der Waals surface area contributed by atoms with Crippen molar-refractivity contribution in [2.45, 2.75) is 51.9 Å². The summed E-state index contributed by atoms with van der Waals surface area (Å²) in [7, 11) is 1.67. The van der Waals surface area contributed by atoms with E-state index in [1.54, 1.807) is 7.11 Å². The number of ether oxygens (including phenoxy) is 1. The number of para-hydroxylation sites is 1. The van der Waals surface area contributed by atoms with Crippen LogP contribution in [0, 0.1) is 0 Å². The number of benzene rings is 1. The summed E-state index contributed by atoms with van der Waals surface area (Å²) in [4.78, 5) is 14.5. The van der Waals surface area contributed by atoms with Crippen LogP contribution in [-0.4, -0.2) is 30.0 Å². The van der Waals surface area contributed by atoms with Crippen molar-refractivity contribution in [2.24, 2.45) is 0 Å². The minimum Gasteiger partial charge on any atom is -0.496 e. The highest BCUT2D eigenvalue weighted by atomic mass is 16.5. The van der Waals surface area contributed by atoms with Crippen molar-refractivity contribution < 1.29 is 9.53 Å². The first-order valence-electron chi connectivity index (χ1n) is 7.35. The molecule has 1 aromatic carbocycles. The van der Waals surface area contributed by atoms with Gasteiger partial charge in [0.25, 0.3) is 0 Å². The molecule has 1 amide bonds. The van der Waals surface area contributed by atoms with Crippen LogP contribution in [-0.2, 0) is 4.79 Å². The Balaban J connectivity index is 2.40. The Bertz CT molecular complexity index is 471. The molecule has 2 unspecified atom stereocenters. The Morgan fingerprint density at radius 3 is 2.55 bits per heavy atom.